The van der Waals surface area contributed by atoms with Crippen molar-refractivity contribution < 1.29 is 19.4 Å². The Morgan fingerprint density at radius 2 is 2.11 bits per heavy atom. The Morgan fingerprint density at radius 3 is 2.82 bits per heavy atom. The summed E-state index contributed by atoms with van der Waals surface area (Å²) < 4.78 is 12.8. The van der Waals surface area contributed by atoms with E-state index in [1.165, 1.54) is 0 Å². The smallest absolute Gasteiger partial charge is 0.290 e. The Kier molecular flexibility index (Phi) is 7.81. The number of halogens is 1. The first-order chi connectivity index (χ1) is 13.7. The van der Waals surface area contributed by atoms with Gasteiger partial charge in [0.15, 0.2) is 5.76 Å². The van der Waals surface area contributed by atoms with Crippen LogP contribution in [0.5, 0.6) is 0 Å². The highest BCUT2D eigenvalue weighted by Crippen LogP contribution is 2.32. The number of aliphatic hydroxyl groups excluding tert-OH is 1. The van der Waals surface area contributed by atoms with Gasteiger partial charge in [-0.2, -0.15) is 0 Å². The lowest BCUT2D eigenvalue weighted by molar-refractivity contribution is -0.143. The lowest BCUT2D eigenvalue weighted by Gasteiger charge is -2.29. The van der Waals surface area contributed by atoms with Gasteiger partial charge in [0, 0.05) is 28.7 Å². The average molecular weight is 494 g/mol. The van der Waals surface area contributed by atoms with Crippen LogP contribution in [-0.2, 0) is 14.3 Å². The van der Waals surface area contributed by atoms with Crippen LogP contribution in [0.3, 0.4) is 0 Å². The quantitative estimate of drug-likeness (QED) is 0.431. The standard InChI is InChI=1S/C21H23IN2O4/c22-17-7-5-15(6-8-17)16-12-19(21(26)24-18-4-3-9-23-14-18)28-20(13-16)27-11-2-1-10-25/h3-9,12,14,16,20,25H,1-2,10-11,13H2,(H,24,26)/t16-,20+/m1/s1. The summed E-state index contributed by atoms with van der Waals surface area (Å²) in [5.41, 5.74) is 1.72. The van der Waals surface area contributed by atoms with Gasteiger partial charge in [-0.25, -0.2) is 0 Å². The Morgan fingerprint density at radius 1 is 1.29 bits per heavy atom. The highest BCUT2D eigenvalue weighted by atomic mass is 127. The number of benzene rings is 1. The Balaban J connectivity index is 1.74. The number of hydrogen-bond donors (Lipinski definition) is 2. The van der Waals surface area contributed by atoms with E-state index >= 15 is 0 Å². The Hall–Kier alpha value is -1.97. The van der Waals surface area contributed by atoms with Gasteiger partial charge in [-0.05, 0) is 71.3 Å². The fraction of sp³-hybridized carbons (Fsp3) is 0.333. The van der Waals surface area contributed by atoms with E-state index in [0.717, 1.165) is 15.6 Å². The lowest BCUT2D eigenvalue weighted by Crippen LogP contribution is -2.29. The van der Waals surface area contributed by atoms with E-state index in [4.69, 9.17) is 14.6 Å². The summed E-state index contributed by atoms with van der Waals surface area (Å²) >= 11 is 2.27. The van der Waals surface area contributed by atoms with Crippen LogP contribution in [0.4, 0.5) is 5.69 Å². The second kappa shape index (κ2) is 10.5. The fourth-order valence-corrected chi connectivity index (χ4v) is 3.28. The number of anilines is 1. The first-order valence-corrected chi connectivity index (χ1v) is 10.3. The van der Waals surface area contributed by atoms with Crippen molar-refractivity contribution in [2.75, 3.05) is 18.5 Å². The number of nitrogens with zero attached hydrogens (tertiary/aromatic N) is 1. The van der Waals surface area contributed by atoms with E-state index in [0.29, 0.717) is 25.1 Å². The third-order valence-corrected chi connectivity index (χ3v) is 5.07. The molecule has 2 aromatic rings. The van der Waals surface area contributed by atoms with Crippen molar-refractivity contribution in [1.82, 2.24) is 4.98 Å². The number of carbonyl (C=O) groups excluding carboxylic acids is 1. The molecule has 1 aromatic carbocycles. The number of aromatic nitrogens is 1. The van der Waals surface area contributed by atoms with Gasteiger partial charge >= 0.3 is 0 Å². The number of carbonyl (C=O) groups is 1. The summed E-state index contributed by atoms with van der Waals surface area (Å²) in [4.78, 5) is 16.7. The van der Waals surface area contributed by atoms with E-state index in [9.17, 15) is 4.79 Å². The van der Waals surface area contributed by atoms with Crippen molar-refractivity contribution in [3.63, 3.8) is 0 Å². The largest absolute Gasteiger partial charge is 0.459 e. The van der Waals surface area contributed by atoms with E-state index < -0.39 is 6.29 Å². The molecule has 7 heteroatoms. The Labute approximate surface area is 178 Å². The summed E-state index contributed by atoms with van der Waals surface area (Å²) in [6, 6.07) is 11.7. The summed E-state index contributed by atoms with van der Waals surface area (Å²) in [7, 11) is 0. The number of allylic oxidation sites excluding steroid dienone is 1. The molecule has 2 atom stereocenters. The molecule has 0 radical (unpaired) electrons. The van der Waals surface area contributed by atoms with E-state index in [1.807, 2.05) is 18.2 Å². The third-order valence-electron chi connectivity index (χ3n) is 4.35. The maximum atomic E-state index is 12.7. The highest BCUT2D eigenvalue weighted by molar-refractivity contribution is 14.1. The number of nitrogens with one attached hydrogen (secondary N) is 1. The summed E-state index contributed by atoms with van der Waals surface area (Å²) in [5.74, 6) is -0.0683. The predicted octanol–water partition coefficient (Wildman–Crippen LogP) is 3.83. The number of aliphatic hydroxyl groups is 1. The highest BCUT2D eigenvalue weighted by Gasteiger charge is 2.28. The van der Waals surface area contributed by atoms with Crippen LogP contribution in [0.15, 0.2) is 60.6 Å². The molecule has 1 amide bonds. The molecule has 0 spiro atoms. The van der Waals surface area contributed by atoms with Crippen LogP contribution in [0, 0.1) is 3.57 Å². The molecule has 6 nitrogen and oxygen atoms in total. The number of amides is 1. The number of unbranched alkanes of at least 4 members (excludes halogenated alkanes) is 1. The molecular weight excluding hydrogens is 471 g/mol. The molecule has 28 heavy (non-hydrogen) atoms. The zero-order valence-corrected chi connectivity index (χ0v) is 17.5. The topological polar surface area (TPSA) is 80.7 Å². The number of rotatable bonds is 8. The van der Waals surface area contributed by atoms with Gasteiger partial charge in [0.2, 0.25) is 6.29 Å². The average Bonchev–Trinajstić information content (AvgIpc) is 2.72. The fourth-order valence-electron chi connectivity index (χ4n) is 2.92. The Bertz CT molecular complexity index is 796. The molecule has 0 saturated heterocycles. The van der Waals surface area contributed by atoms with E-state index in [1.54, 1.807) is 24.5 Å². The van der Waals surface area contributed by atoms with Crippen molar-refractivity contribution in [3.8, 4) is 0 Å². The monoisotopic (exact) mass is 494 g/mol. The molecule has 0 bridgehead atoms. The predicted molar refractivity (Wildman–Crippen MR) is 115 cm³/mol. The van der Waals surface area contributed by atoms with Crippen molar-refractivity contribution in [3.05, 3.63) is 69.8 Å². The molecule has 0 fully saturated rings. The minimum absolute atomic E-state index is 0.0169. The zero-order valence-electron chi connectivity index (χ0n) is 15.4. The van der Waals surface area contributed by atoms with Gasteiger partial charge in [0.05, 0.1) is 18.5 Å². The summed E-state index contributed by atoms with van der Waals surface area (Å²) in [5, 5.41) is 11.7. The molecule has 0 saturated carbocycles. The van der Waals surface area contributed by atoms with Gasteiger partial charge in [-0.1, -0.05) is 12.1 Å². The van der Waals surface area contributed by atoms with Crippen molar-refractivity contribution in [2.24, 2.45) is 0 Å². The maximum Gasteiger partial charge on any atom is 0.290 e. The third kappa shape index (κ3) is 6.02. The van der Waals surface area contributed by atoms with Gasteiger partial charge in [0.1, 0.15) is 0 Å². The summed E-state index contributed by atoms with van der Waals surface area (Å²) in [6.07, 6.45) is 6.62. The molecule has 0 unspecified atom stereocenters. The summed E-state index contributed by atoms with van der Waals surface area (Å²) in [6.45, 7) is 0.612. The van der Waals surface area contributed by atoms with Crippen LogP contribution < -0.4 is 5.32 Å². The molecule has 1 aliphatic heterocycles. The minimum atomic E-state index is -0.511. The molecular formula is C21H23IN2O4. The van der Waals surface area contributed by atoms with Gasteiger partial charge in [-0.3, -0.25) is 9.78 Å². The SMILES string of the molecule is O=C(Nc1cccnc1)C1=C[C@@H](c2ccc(I)cc2)C[C@@H](OCCCCO)O1. The van der Waals surface area contributed by atoms with Crippen LogP contribution >= 0.6 is 22.6 Å². The van der Waals surface area contributed by atoms with Crippen LogP contribution in [0.1, 0.15) is 30.7 Å². The van der Waals surface area contributed by atoms with Crippen molar-refractivity contribution in [1.29, 1.82) is 0 Å². The maximum absolute atomic E-state index is 12.7. The van der Waals surface area contributed by atoms with Crippen molar-refractivity contribution >= 4 is 34.2 Å². The van der Waals surface area contributed by atoms with E-state index in [-0.39, 0.29) is 24.2 Å². The van der Waals surface area contributed by atoms with E-state index in [2.05, 4.69) is 45.0 Å². The van der Waals surface area contributed by atoms with Crippen LogP contribution in [0.2, 0.25) is 0 Å². The number of ether oxygens (including phenoxy) is 2. The van der Waals surface area contributed by atoms with Gasteiger partial charge in [0.25, 0.3) is 5.91 Å². The minimum Gasteiger partial charge on any atom is -0.459 e. The van der Waals surface area contributed by atoms with Crippen molar-refractivity contribution in [2.45, 2.75) is 31.5 Å². The van der Waals surface area contributed by atoms with Gasteiger partial charge in [-0.15, -0.1) is 0 Å². The second-order valence-electron chi connectivity index (χ2n) is 6.47. The number of pyridine rings is 1. The lowest BCUT2D eigenvalue weighted by atomic mass is 9.93. The van der Waals surface area contributed by atoms with Gasteiger partial charge < -0.3 is 19.9 Å². The molecule has 0 aliphatic carbocycles. The van der Waals surface area contributed by atoms with Crippen LogP contribution in [0.25, 0.3) is 0 Å². The molecule has 2 N–H and O–H groups in total. The molecule has 3 rings (SSSR count). The number of hydrogen-bond acceptors (Lipinski definition) is 5. The first-order valence-electron chi connectivity index (χ1n) is 9.23. The molecule has 1 aliphatic rings. The second-order valence-corrected chi connectivity index (χ2v) is 7.72. The zero-order chi connectivity index (χ0) is 19.8. The molecule has 1 aromatic heterocycles. The van der Waals surface area contributed by atoms with Crippen LogP contribution in [-0.4, -0.2) is 35.5 Å². The molecule has 148 valence electrons. The normalized spacial score (nSPS) is 18.9. The molecule has 2 heterocycles. The first kappa shape index (κ1) is 20.8.